The van der Waals surface area contributed by atoms with Gasteiger partial charge in [0, 0.05) is 5.56 Å². The molecule has 6 nitrogen and oxygen atoms in total. The van der Waals surface area contributed by atoms with Crippen LogP contribution in [0.15, 0.2) is 61.2 Å². The number of hydrogen-bond donors (Lipinski definition) is 1. The van der Waals surface area contributed by atoms with Gasteiger partial charge in [-0.25, -0.2) is 0 Å². The van der Waals surface area contributed by atoms with Gasteiger partial charge in [-0.2, -0.15) is 9.67 Å². The minimum atomic E-state index is 0.149. The third kappa shape index (κ3) is 6.43. The Bertz CT molecular complexity index is 960. The van der Waals surface area contributed by atoms with Gasteiger partial charge >= 0.3 is 0 Å². The lowest BCUT2D eigenvalue weighted by molar-refractivity contribution is -0.126. The Morgan fingerprint density at radius 1 is 1.35 bits per heavy atom. The number of carbonyl (C=O) groups is 1. The summed E-state index contributed by atoms with van der Waals surface area (Å²) in [6.07, 6.45) is 6.35. The van der Waals surface area contributed by atoms with Crippen molar-refractivity contribution in [1.82, 2.24) is 14.8 Å². The van der Waals surface area contributed by atoms with Crippen molar-refractivity contribution < 1.29 is 9.53 Å². The Morgan fingerprint density at radius 3 is 2.58 bits per heavy atom. The predicted molar refractivity (Wildman–Crippen MR) is 131 cm³/mol. The van der Waals surface area contributed by atoms with Gasteiger partial charge in [-0.1, -0.05) is 82.0 Å². The predicted octanol–water partition coefficient (Wildman–Crippen LogP) is 6.15. The first-order valence-corrected chi connectivity index (χ1v) is 10.5. The zero-order valence-corrected chi connectivity index (χ0v) is 19.6. The Kier molecular flexibility index (Phi) is 11.1. The fourth-order valence-electron chi connectivity index (χ4n) is 2.96. The Hall–Kier alpha value is -3.12. The third-order valence-electron chi connectivity index (χ3n) is 4.37. The van der Waals surface area contributed by atoms with Crippen LogP contribution in [0.4, 0.5) is 5.95 Å². The van der Waals surface area contributed by atoms with Gasteiger partial charge < -0.3 is 10.1 Å². The fourth-order valence-corrected chi connectivity index (χ4v) is 3.37. The average molecular weight is 443 g/mol. The molecular weight excluding hydrogens is 412 g/mol. The molecule has 3 rings (SSSR count). The number of ether oxygens (including phenoxy) is 1. The molecular formula is C24H31ClN4O2. The van der Waals surface area contributed by atoms with E-state index in [0.29, 0.717) is 23.4 Å². The van der Waals surface area contributed by atoms with Crippen LogP contribution >= 0.6 is 11.6 Å². The fraction of sp³-hybridized carbons (Fsp3) is 0.292. The summed E-state index contributed by atoms with van der Waals surface area (Å²) in [5.41, 5.74) is 4.09. The number of aromatic nitrogens is 3. The molecule has 2 heterocycles. The summed E-state index contributed by atoms with van der Waals surface area (Å²) < 4.78 is 5.54. The van der Waals surface area contributed by atoms with Crippen LogP contribution in [0.1, 0.15) is 39.7 Å². The number of allylic oxidation sites excluding steroid dienone is 4. The highest BCUT2D eigenvalue weighted by Gasteiger charge is 2.25. The molecule has 0 saturated carbocycles. The Labute approximate surface area is 190 Å². The smallest absolute Gasteiger partial charge is 0.292 e. The molecule has 31 heavy (non-hydrogen) atoms. The number of methoxy groups -OCH3 is 1. The normalized spacial score (nSPS) is 14.6. The summed E-state index contributed by atoms with van der Waals surface area (Å²) >= 11 is 6.52. The quantitative estimate of drug-likeness (QED) is 0.429. The van der Waals surface area contributed by atoms with Crippen LogP contribution < -0.4 is 5.32 Å². The van der Waals surface area contributed by atoms with Crippen molar-refractivity contribution in [3.05, 3.63) is 66.8 Å². The van der Waals surface area contributed by atoms with Crippen molar-refractivity contribution >= 4 is 34.8 Å². The van der Waals surface area contributed by atoms with Crippen LogP contribution in [-0.2, 0) is 9.53 Å². The van der Waals surface area contributed by atoms with Crippen LogP contribution in [0.2, 0.25) is 0 Å². The van der Waals surface area contributed by atoms with Gasteiger partial charge in [0.1, 0.15) is 5.16 Å². The van der Waals surface area contributed by atoms with Crippen molar-refractivity contribution in [3.63, 3.8) is 0 Å². The summed E-state index contributed by atoms with van der Waals surface area (Å²) in [5, 5.41) is 8.59. The van der Waals surface area contributed by atoms with Gasteiger partial charge in [0.15, 0.2) is 5.82 Å². The first-order chi connectivity index (χ1) is 15.0. The number of fused-ring (bicyclic) bond motifs is 1. The average Bonchev–Trinajstić information content (AvgIpc) is 3.23. The number of carbonyl (C=O) groups excluding carboxylic acids is 1. The highest BCUT2D eigenvalue weighted by atomic mass is 35.5. The van der Waals surface area contributed by atoms with Crippen LogP contribution in [0.3, 0.4) is 0 Å². The standard InChI is InChI=1S/C20H21ClN4.C2H4O2.C2H6/c1-5-9-14(6-2)15-10-8-11-16(12-15)19-23-20-22-13(4)17(7-3)18(21)25(20)24-19;1-4-2-3;1-2/h5-6,8-13H,1-2,7H2,3-4H3,(H,22,23,24);2H,1H3;1-2H3/b14-9+;;. The molecule has 1 unspecified atom stereocenters. The first kappa shape index (κ1) is 25.9. The zero-order chi connectivity index (χ0) is 23.4. The summed E-state index contributed by atoms with van der Waals surface area (Å²) in [7, 11) is 1.31. The molecule has 166 valence electrons. The van der Waals surface area contributed by atoms with Crippen LogP contribution in [0, 0.1) is 0 Å². The van der Waals surface area contributed by atoms with Gasteiger partial charge in [-0.15, -0.1) is 5.10 Å². The van der Waals surface area contributed by atoms with Crippen LogP contribution in [0.5, 0.6) is 0 Å². The van der Waals surface area contributed by atoms with E-state index in [-0.39, 0.29) is 6.04 Å². The van der Waals surface area contributed by atoms with Crippen molar-refractivity contribution in [2.45, 2.75) is 40.2 Å². The number of anilines is 1. The topological polar surface area (TPSA) is 69.0 Å². The zero-order valence-electron chi connectivity index (χ0n) is 18.9. The molecule has 0 aliphatic carbocycles. The molecule has 1 aromatic carbocycles. The van der Waals surface area contributed by atoms with Gasteiger partial charge in [0.2, 0.25) is 5.95 Å². The molecule has 1 aliphatic heterocycles. The summed E-state index contributed by atoms with van der Waals surface area (Å²) in [6.45, 7) is 16.2. The lowest BCUT2D eigenvalue weighted by Crippen LogP contribution is -2.26. The van der Waals surface area contributed by atoms with Gasteiger partial charge in [0.05, 0.1) is 13.2 Å². The van der Waals surface area contributed by atoms with Crippen molar-refractivity contribution in [2.24, 2.45) is 0 Å². The molecule has 0 saturated heterocycles. The Balaban J connectivity index is 0.000000720. The van der Waals surface area contributed by atoms with E-state index in [2.05, 4.69) is 47.1 Å². The van der Waals surface area contributed by atoms with E-state index < -0.39 is 0 Å². The monoisotopic (exact) mass is 442 g/mol. The molecule has 1 N–H and O–H groups in total. The third-order valence-corrected chi connectivity index (χ3v) is 4.78. The number of rotatable bonds is 6. The first-order valence-electron chi connectivity index (χ1n) is 10.2. The van der Waals surface area contributed by atoms with Gasteiger partial charge in [0.25, 0.3) is 6.47 Å². The second-order valence-corrected chi connectivity index (χ2v) is 6.54. The number of halogens is 1. The van der Waals surface area contributed by atoms with Crippen LogP contribution in [0.25, 0.3) is 22.1 Å². The Morgan fingerprint density at radius 2 is 2.03 bits per heavy atom. The minimum absolute atomic E-state index is 0.149. The second-order valence-electron chi connectivity index (χ2n) is 6.18. The van der Waals surface area contributed by atoms with E-state index >= 15 is 0 Å². The summed E-state index contributed by atoms with van der Waals surface area (Å²) in [5.74, 6) is 1.30. The van der Waals surface area contributed by atoms with E-state index in [1.807, 2.05) is 50.3 Å². The van der Waals surface area contributed by atoms with Crippen molar-refractivity contribution in [3.8, 4) is 11.4 Å². The maximum Gasteiger partial charge on any atom is 0.292 e. The number of nitrogens with zero attached hydrogens (tertiary/aromatic N) is 3. The lowest BCUT2D eigenvalue weighted by Gasteiger charge is -2.24. The molecule has 0 fully saturated rings. The molecule has 0 amide bonds. The number of hydrogen-bond acceptors (Lipinski definition) is 5. The van der Waals surface area contributed by atoms with Crippen LogP contribution in [-0.4, -0.2) is 34.4 Å². The number of benzene rings is 1. The largest absolute Gasteiger partial charge is 0.471 e. The summed E-state index contributed by atoms with van der Waals surface area (Å²) in [4.78, 5) is 13.6. The molecule has 1 aromatic heterocycles. The minimum Gasteiger partial charge on any atom is -0.471 e. The maximum absolute atomic E-state index is 8.95. The SMILES string of the molecule is C=C/C=C(\C=C)c1cccc(-c2nc3n(n2)C(Cl)=C(CC)C(C)N3)c1.CC.COC=O. The summed E-state index contributed by atoms with van der Waals surface area (Å²) in [6, 6.07) is 8.19. The second kappa shape index (κ2) is 13.2. The van der Waals surface area contributed by atoms with E-state index in [1.54, 1.807) is 10.8 Å². The molecule has 0 spiro atoms. The van der Waals surface area contributed by atoms with Gasteiger partial charge in [-0.05, 0) is 36.1 Å². The van der Waals surface area contributed by atoms with E-state index in [4.69, 9.17) is 16.4 Å². The number of nitrogens with one attached hydrogen (secondary N) is 1. The molecule has 0 radical (unpaired) electrons. The van der Waals surface area contributed by atoms with E-state index in [1.165, 1.54) is 7.11 Å². The lowest BCUT2D eigenvalue weighted by atomic mass is 10.0. The van der Waals surface area contributed by atoms with E-state index in [9.17, 15) is 0 Å². The van der Waals surface area contributed by atoms with Crippen molar-refractivity contribution in [1.29, 1.82) is 0 Å². The van der Waals surface area contributed by atoms with Gasteiger partial charge in [-0.3, -0.25) is 4.79 Å². The molecule has 2 aromatic rings. The van der Waals surface area contributed by atoms with E-state index in [0.717, 1.165) is 28.7 Å². The maximum atomic E-state index is 8.95. The molecule has 1 aliphatic rings. The highest BCUT2D eigenvalue weighted by Crippen LogP contribution is 2.32. The molecule has 1 atom stereocenters. The highest BCUT2D eigenvalue weighted by molar-refractivity contribution is 6.46. The molecule has 7 heteroatoms. The van der Waals surface area contributed by atoms with Crippen molar-refractivity contribution in [2.75, 3.05) is 12.4 Å². The molecule has 0 bridgehead atoms.